The third-order valence-corrected chi connectivity index (χ3v) is 4.78. The quantitative estimate of drug-likeness (QED) is 0.790. The lowest BCUT2D eigenvalue weighted by molar-refractivity contribution is 0.196. The number of hydrogen-bond donors (Lipinski definition) is 1. The van der Waals surface area contributed by atoms with Crippen LogP contribution in [0.5, 0.6) is 0 Å². The monoisotopic (exact) mass is 325 g/mol. The van der Waals surface area contributed by atoms with Gasteiger partial charge in [0.1, 0.15) is 0 Å². The molecule has 2 heterocycles. The van der Waals surface area contributed by atoms with Crippen molar-refractivity contribution in [1.29, 1.82) is 0 Å². The van der Waals surface area contributed by atoms with Crippen molar-refractivity contribution in [3.63, 3.8) is 0 Å². The van der Waals surface area contributed by atoms with Crippen LogP contribution in [0.15, 0.2) is 54.7 Å². The zero-order valence-corrected chi connectivity index (χ0v) is 13.8. The average Bonchev–Trinajstić information content (AvgIpc) is 3.00. The maximum atomic E-state index is 6.02. The van der Waals surface area contributed by atoms with Crippen molar-refractivity contribution in [3.05, 3.63) is 59.8 Å². The minimum absolute atomic E-state index is 0.775. The lowest BCUT2D eigenvalue weighted by Gasteiger charge is -2.27. The second-order valence-corrected chi connectivity index (χ2v) is 6.48. The minimum atomic E-state index is 0.775. The molecule has 0 aliphatic carbocycles. The Balaban J connectivity index is 1.69. The summed E-state index contributed by atoms with van der Waals surface area (Å²) in [7, 11) is 0. The van der Waals surface area contributed by atoms with Gasteiger partial charge >= 0.3 is 0 Å². The molecule has 23 heavy (non-hydrogen) atoms. The molecule has 0 amide bonds. The second-order valence-electron chi connectivity index (χ2n) is 6.04. The van der Waals surface area contributed by atoms with Crippen LogP contribution in [0.25, 0.3) is 22.0 Å². The van der Waals surface area contributed by atoms with Crippen LogP contribution < -0.4 is 5.32 Å². The number of hydrogen-bond acceptors (Lipinski definition) is 2. The summed E-state index contributed by atoms with van der Waals surface area (Å²) < 4.78 is 2.35. The molecule has 1 fully saturated rings. The second kappa shape index (κ2) is 6.36. The first kappa shape index (κ1) is 14.8. The molecule has 2 aromatic carbocycles. The van der Waals surface area contributed by atoms with E-state index in [0.29, 0.717) is 0 Å². The maximum absolute atomic E-state index is 6.02. The molecule has 118 valence electrons. The van der Waals surface area contributed by atoms with Gasteiger partial charge in [0.2, 0.25) is 0 Å². The molecule has 1 aliphatic rings. The van der Waals surface area contributed by atoms with Gasteiger partial charge in [-0.1, -0.05) is 35.9 Å². The van der Waals surface area contributed by atoms with Gasteiger partial charge < -0.3 is 9.88 Å². The molecule has 1 aliphatic heterocycles. The number of benzene rings is 2. The third kappa shape index (κ3) is 3.00. The summed E-state index contributed by atoms with van der Waals surface area (Å²) in [5.41, 5.74) is 3.76. The predicted molar refractivity (Wildman–Crippen MR) is 96.8 cm³/mol. The molecule has 1 saturated heterocycles. The lowest BCUT2D eigenvalue weighted by atomic mass is 10.0. The molecule has 0 unspecified atom stereocenters. The topological polar surface area (TPSA) is 20.2 Å². The maximum Gasteiger partial charge on any atom is 0.0751 e. The molecule has 0 spiro atoms. The summed E-state index contributed by atoms with van der Waals surface area (Å²) in [5.74, 6) is 0. The number of nitrogens with one attached hydrogen (secondary N) is 1. The van der Waals surface area contributed by atoms with Crippen LogP contribution in [-0.2, 0) is 6.67 Å². The van der Waals surface area contributed by atoms with E-state index in [2.05, 4.69) is 57.4 Å². The molecule has 0 radical (unpaired) electrons. The molecule has 1 N–H and O–H groups in total. The normalized spacial score (nSPS) is 16.0. The van der Waals surface area contributed by atoms with E-state index in [1.165, 1.54) is 22.0 Å². The fourth-order valence-electron chi connectivity index (χ4n) is 3.30. The molecule has 4 heteroatoms. The van der Waals surface area contributed by atoms with E-state index in [9.17, 15) is 0 Å². The Bertz CT molecular complexity index is 801. The first-order chi connectivity index (χ1) is 11.3. The van der Waals surface area contributed by atoms with Crippen molar-refractivity contribution in [1.82, 2.24) is 14.8 Å². The van der Waals surface area contributed by atoms with Crippen LogP contribution in [-0.4, -0.2) is 35.6 Å². The highest BCUT2D eigenvalue weighted by atomic mass is 35.5. The van der Waals surface area contributed by atoms with Gasteiger partial charge in [0.15, 0.2) is 0 Å². The van der Waals surface area contributed by atoms with E-state index in [-0.39, 0.29) is 0 Å². The zero-order valence-electron chi connectivity index (χ0n) is 13.0. The van der Waals surface area contributed by atoms with E-state index in [1.54, 1.807) is 0 Å². The molecule has 0 saturated carbocycles. The molecule has 0 bridgehead atoms. The summed E-state index contributed by atoms with van der Waals surface area (Å²) in [4.78, 5) is 2.49. The average molecular weight is 326 g/mol. The number of fused-ring (bicyclic) bond motifs is 1. The van der Waals surface area contributed by atoms with Gasteiger partial charge in [-0.15, -0.1) is 0 Å². The molecular formula is C19H20ClN3. The highest BCUT2D eigenvalue weighted by Gasteiger charge is 2.12. The Kier molecular flexibility index (Phi) is 4.08. The number of rotatable bonds is 3. The van der Waals surface area contributed by atoms with Crippen LogP contribution in [0, 0.1) is 0 Å². The molecule has 3 aromatic rings. The van der Waals surface area contributed by atoms with Crippen molar-refractivity contribution in [2.75, 3.05) is 26.2 Å². The Morgan fingerprint density at radius 3 is 2.52 bits per heavy atom. The molecule has 3 nitrogen and oxygen atoms in total. The molecule has 0 atom stereocenters. The number of piperazine rings is 1. The molecule has 4 rings (SSSR count). The van der Waals surface area contributed by atoms with E-state index in [0.717, 1.165) is 37.9 Å². The Labute approximate surface area is 141 Å². The smallest absolute Gasteiger partial charge is 0.0751 e. The van der Waals surface area contributed by atoms with Crippen LogP contribution in [0.2, 0.25) is 5.02 Å². The van der Waals surface area contributed by atoms with Gasteiger partial charge in [-0.05, 0) is 35.4 Å². The van der Waals surface area contributed by atoms with Gasteiger partial charge in [-0.3, -0.25) is 4.90 Å². The van der Waals surface area contributed by atoms with E-state index >= 15 is 0 Å². The first-order valence-electron chi connectivity index (χ1n) is 8.08. The van der Waals surface area contributed by atoms with Crippen molar-refractivity contribution >= 4 is 22.5 Å². The number of halogens is 1. The Hall–Kier alpha value is -1.81. The van der Waals surface area contributed by atoms with E-state index in [1.807, 2.05) is 12.1 Å². The van der Waals surface area contributed by atoms with E-state index < -0.39 is 0 Å². The fourth-order valence-corrected chi connectivity index (χ4v) is 3.42. The van der Waals surface area contributed by atoms with Gasteiger partial charge in [-0.2, -0.15) is 0 Å². The summed E-state index contributed by atoms with van der Waals surface area (Å²) in [6, 6.07) is 16.8. The first-order valence-corrected chi connectivity index (χ1v) is 8.46. The van der Waals surface area contributed by atoms with Crippen molar-refractivity contribution in [3.8, 4) is 11.1 Å². The summed E-state index contributed by atoms with van der Waals surface area (Å²) >= 11 is 6.02. The SMILES string of the molecule is Clc1ccc(-c2cccc3c2ccn3CN2CCNCC2)cc1. The van der Waals surface area contributed by atoms with Gasteiger partial charge in [-0.25, -0.2) is 0 Å². The fraction of sp³-hybridized carbons (Fsp3) is 0.263. The summed E-state index contributed by atoms with van der Waals surface area (Å²) in [5, 5.41) is 5.48. The zero-order chi connectivity index (χ0) is 15.6. The van der Waals surface area contributed by atoms with E-state index in [4.69, 9.17) is 11.6 Å². The number of nitrogens with zero attached hydrogens (tertiary/aromatic N) is 2. The van der Waals surface area contributed by atoms with Crippen LogP contribution in [0.4, 0.5) is 0 Å². The standard InChI is InChI=1S/C19H20ClN3/c20-16-6-4-15(5-7-16)17-2-1-3-19-18(17)8-11-23(19)14-22-12-9-21-10-13-22/h1-8,11,21H,9-10,12-14H2. The lowest BCUT2D eigenvalue weighted by Crippen LogP contribution is -2.43. The van der Waals surface area contributed by atoms with Crippen molar-refractivity contribution in [2.45, 2.75) is 6.67 Å². The van der Waals surface area contributed by atoms with Gasteiger partial charge in [0.05, 0.1) is 6.67 Å². The highest BCUT2D eigenvalue weighted by Crippen LogP contribution is 2.30. The van der Waals surface area contributed by atoms with Crippen molar-refractivity contribution < 1.29 is 0 Å². The summed E-state index contributed by atoms with van der Waals surface area (Å²) in [6.07, 6.45) is 2.20. The summed E-state index contributed by atoms with van der Waals surface area (Å²) in [6.45, 7) is 5.33. The van der Waals surface area contributed by atoms with Crippen LogP contribution in [0.3, 0.4) is 0 Å². The third-order valence-electron chi connectivity index (χ3n) is 4.53. The van der Waals surface area contributed by atoms with Gasteiger partial charge in [0.25, 0.3) is 0 Å². The van der Waals surface area contributed by atoms with Crippen LogP contribution in [0.1, 0.15) is 0 Å². The molecular weight excluding hydrogens is 306 g/mol. The predicted octanol–water partition coefficient (Wildman–Crippen LogP) is 3.82. The Morgan fingerprint density at radius 2 is 1.74 bits per heavy atom. The highest BCUT2D eigenvalue weighted by molar-refractivity contribution is 6.30. The van der Waals surface area contributed by atoms with Gasteiger partial charge in [0, 0.05) is 48.3 Å². The van der Waals surface area contributed by atoms with Crippen LogP contribution >= 0.6 is 11.6 Å². The Morgan fingerprint density at radius 1 is 0.957 bits per heavy atom. The minimum Gasteiger partial charge on any atom is -0.334 e. The van der Waals surface area contributed by atoms with Crippen molar-refractivity contribution in [2.24, 2.45) is 0 Å². The number of aromatic nitrogens is 1. The largest absolute Gasteiger partial charge is 0.334 e. The molecule has 1 aromatic heterocycles.